The van der Waals surface area contributed by atoms with Crippen molar-refractivity contribution in [1.82, 2.24) is 0 Å². The van der Waals surface area contributed by atoms with E-state index in [1.807, 2.05) is 24.3 Å². The highest BCUT2D eigenvalue weighted by molar-refractivity contribution is 6.31. The molecule has 3 atom stereocenters. The molecule has 0 heterocycles. The normalized spacial score (nSPS) is 33.1. The highest BCUT2D eigenvalue weighted by Crippen LogP contribution is 2.66. The van der Waals surface area contributed by atoms with E-state index < -0.39 is 0 Å². The molecule has 2 aliphatic rings. The maximum Gasteiger partial charge on any atom is 0.310 e. The molecule has 3 heteroatoms. The summed E-state index contributed by atoms with van der Waals surface area (Å²) in [5, 5.41) is 0.633. The van der Waals surface area contributed by atoms with Crippen LogP contribution in [0.1, 0.15) is 45.6 Å². The Kier molecular flexibility index (Phi) is 3.56. The first-order valence-corrected chi connectivity index (χ1v) is 8.15. The van der Waals surface area contributed by atoms with E-state index >= 15 is 0 Å². The molecule has 0 aromatic heterocycles. The standard InChI is InChI=1S/C18H23ClO2/c1-17(2)13-8-9-18(17,3)15(11-13)21-16(20)10-12-6-4-5-7-14(12)19/h4-7,13,15H,8-11H2,1-3H3. The van der Waals surface area contributed by atoms with Crippen molar-refractivity contribution in [1.29, 1.82) is 0 Å². The molecule has 0 aliphatic heterocycles. The predicted molar refractivity (Wildman–Crippen MR) is 84.3 cm³/mol. The molecule has 0 spiro atoms. The highest BCUT2D eigenvalue weighted by Gasteiger charge is 2.62. The molecule has 0 radical (unpaired) electrons. The molecule has 2 nitrogen and oxygen atoms in total. The summed E-state index contributed by atoms with van der Waals surface area (Å²) in [7, 11) is 0. The third-order valence-electron chi connectivity index (χ3n) is 6.28. The fraction of sp³-hybridized carbons (Fsp3) is 0.611. The van der Waals surface area contributed by atoms with Crippen molar-refractivity contribution in [3.63, 3.8) is 0 Å². The lowest BCUT2D eigenvalue weighted by molar-refractivity contribution is -0.156. The summed E-state index contributed by atoms with van der Waals surface area (Å²) in [6.45, 7) is 6.94. The molecule has 114 valence electrons. The van der Waals surface area contributed by atoms with Gasteiger partial charge in [0.15, 0.2) is 0 Å². The van der Waals surface area contributed by atoms with Crippen LogP contribution in [0.3, 0.4) is 0 Å². The van der Waals surface area contributed by atoms with Gasteiger partial charge in [-0.3, -0.25) is 4.79 Å². The van der Waals surface area contributed by atoms with Gasteiger partial charge in [0.25, 0.3) is 0 Å². The second-order valence-electron chi connectivity index (χ2n) is 7.36. The monoisotopic (exact) mass is 306 g/mol. The molecular weight excluding hydrogens is 284 g/mol. The van der Waals surface area contributed by atoms with Crippen molar-refractivity contribution in [2.24, 2.45) is 16.7 Å². The topological polar surface area (TPSA) is 26.3 Å². The Hall–Kier alpha value is -1.02. The number of hydrogen-bond acceptors (Lipinski definition) is 2. The van der Waals surface area contributed by atoms with E-state index in [2.05, 4.69) is 20.8 Å². The predicted octanol–water partition coefficient (Wildman–Crippen LogP) is 4.64. The van der Waals surface area contributed by atoms with Crippen LogP contribution in [-0.2, 0) is 16.0 Å². The Morgan fingerprint density at radius 2 is 2.05 bits per heavy atom. The number of fused-ring (bicyclic) bond motifs is 2. The van der Waals surface area contributed by atoms with E-state index in [4.69, 9.17) is 16.3 Å². The third-order valence-corrected chi connectivity index (χ3v) is 6.65. The SMILES string of the molecule is CC1(C)C2CCC1(C)C(OC(=O)Cc1ccccc1Cl)C2. The number of esters is 1. The Bertz CT molecular complexity index is 566. The molecule has 1 aromatic carbocycles. The summed E-state index contributed by atoms with van der Waals surface area (Å²) in [4.78, 5) is 12.3. The van der Waals surface area contributed by atoms with Crippen molar-refractivity contribution in [3.05, 3.63) is 34.9 Å². The fourth-order valence-electron chi connectivity index (χ4n) is 4.31. The van der Waals surface area contributed by atoms with Gasteiger partial charge in [-0.25, -0.2) is 0 Å². The molecule has 3 rings (SSSR count). The lowest BCUT2D eigenvalue weighted by atomic mass is 9.70. The lowest BCUT2D eigenvalue weighted by Crippen LogP contribution is -2.38. The quantitative estimate of drug-likeness (QED) is 0.760. The van der Waals surface area contributed by atoms with Gasteiger partial charge in [0, 0.05) is 10.4 Å². The van der Waals surface area contributed by atoms with Crippen molar-refractivity contribution in [2.75, 3.05) is 0 Å². The van der Waals surface area contributed by atoms with Gasteiger partial charge in [-0.2, -0.15) is 0 Å². The van der Waals surface area contributed by atoms with Gasteiger partial charge in [0.1, 0.15) is 6.10 Å². The second kappa shape index (κ2) is 5.01. The minimum Gasteiger partial charge on any atom is -0.462 e. The van der Waals surface area contributed by atoms with Crippen LogP contribution in [-0.4, -0.2) is 12.1 Å². The number of carbonyl (C=O) groups excluding carboxylic acids is 1. The molecule has 1 aromatic rings. The number of ether oxygens (including phenoxy) is 1. The van der Waals surface area contributed by atoms with Crippen LogP contribution < -0.4 is 0 Å². The lowest BCUT2D eigenvalue weighted by Gasteiger charge is -2.38. The summed E-state index contributed by atoms with van der Waals surface area (Å²) in [6.07, 6.45) is 3.76. The molecule has 3 unspecified atom stereocenters. The van der Waals surface area contributed by atoms with Gasteiger partial charge in [0.2, 0.25) is 0 Å². The van der Waals surface area contributed by atoms with Crippen LogP contribution in [0.5, 0.6) is 0 Å². The maximum atomic E-state index is 12.3. The van der Waals surface area contributed by atoms with Crippen LogP contribution >= 0.6 is 11.6 Å². The Balaban J connectivity index is 1.68. The zero-order chi connectivity index (χ0) is 15.3. The molecule has 2 aliphatic carbocycles. The van der Waals surface area contributed by atoms with Crippen LogP contribution in [0.25, 0.3) is 0 Å². The number of carbonyl (C=O) groups is 1. The zero-order valence-corrected chi connectivity index (χ0v) is 13.7. The fourth-order valence-corrected chi connectivity index (χ4v) is 4.51. The summed E-state index contributed by atoms with van der Waals surface area (Å²) < 4.78 is 5.85. The third kappa shape index (κ3) is 2.28. The average molecular weight is 307 g/mol. The first-order chi connectivity index (χ1) is 9.84. The smallest absolute Gasteiger partial charge is 0.310 e. The van der Waals surface area contributed by atoms with Crippen molar-refractivity contribution in [3.8, 4) is 0 Å². The molecular formula is C18H23ClO2. The van der Waals surface area contributed by atoms with Crippen LogP contribution in [0.15, 0.2) is 24.3 Å². The van der Waals surface area contributed by atoms with E-state index in [0.29, 0.717) is 10.9 Å². The van der Waals surface area contributed by atoms with Crippen molar-refractivity contribution in [2.45, 2.75) is 52.6 Å². The Labute approximate surface area is 131 Å². The van der Waals surface area contributed by atoms with E-state index in [1.165, 1.54) is 6.42 Å². The molecule has 2 saturated carbocycles. The van der Waals surface area contributed by atoms with Gasteiger partial charge >= 0.3 is 5.97 Å². The molecule has 0 N–H and O–H groups in total. The first-order valence-electron chi connectivity index (χ1n) is 7.77. The van der Waals surface area contributed by atoms with Crippen LogP contribution in [0.2, 0.25) is 5.02 Å². The first kappa shape index (κ1) is 14.9. The Morgan fingerprint density at radius 1 is 1.33 bits per heavy atom. The number of benzene rings is 1. The minimum atomic E-state index is -0.155. The molecule has 0 amide bonds. The van der Waals surface area contributed by atoms with Crippen LogP contribution in [0.4, 0.5) is 0 Å². The highest BCUT2D eigenvalue weighted by atomic mass is 35.5. The largest absolute Gasteiger partial charge is 0.462 e. The van der Waals surface area contributed by atoms with E-state index in [1.54, 1.807) is 0 Å². The summed E-state index contributed by atoms with van der Waals surface area (Å²) in [6, 6.07) is 7.47. The molecule has 2 bridgehead atoms. The van der Waals surface area contributed by atoms with Gasteiger partial charge in [-0.1, -0.05) is 50.6 Å². The van der Waals surface area contributed by atoms with Crippen molar-refractivity contribution >= 4 is 17.6 Å². The van der Waals surface area contributed by atoms with Crippen molar-refractivity contribution < 1.29 is 9.53 Å². The van der Waals surface area contributed by atoms with Gasteiger partial charge < -0.3 is 4.74 Å². The van der Waals surface area contributed by atoms with Gasteiger partial charge in [-0.15, -0.1) is 0 Å². The number of halogens is 1. The number of hydrogen-bond donors (Lipinski definition) is 0. The molecule has 2 fully saturated rings. The summed E-state index contributed by atoms with van der Waals surface area (Å²) in [5.74, 6) is 0.526. The van der Waals surface area contributed by atoms with Crippen LogP contribution in [0, 0.1) is 16.7 Å². The molecule has 21 heavy (non-hydrogen) atoms. The van der Waals surface area contributed by atoms with Gasteiger partial charge in [-0.05, 0) is 42.2 Å². The van der Waals surface area contributed by atoms with E-state index in [-0.39, 0.29) is 29.3 Å². The average Bonchev–Trinajstić information content (AvgIpc) is 2.74. The second-order valence-corrected chi connectivity index (χ2v) is 7.76. The minimum absolute atomic E-state index is 0.0567. The van der Waals surface area contributed by atoms with E-state index in [0.717, 1.165) is 18.4 Å². The van der Waals surface area contributed by atoms with E-state index in [9.17, 15) is 4.79 Å². The Morgan fingerprint density at radius 3 is 2.62 bits per heavy atom. The summed E-state index contributed by atoms with van der Waals surface area (Å²) >= 11 is 6.11. The van der Waals surface area contributed by atoms with Gasteiger partial charge in [0.05, 0.1) is 6.42 Å². The maximum absolute atomic E-state index is 12.3. The summed E-state index contributed by atoms with van der Waals surface area (Å²) in [5.41, 5.74) is 1.23. The zero-order valence-electron chi connectivity index (χ0n) is 13.0. The number of rotatable bonds is 3. The molecule has 0 saturated heterocycles.